The molecule has 2 aromatic rings. The Kier molecular flexibility index (Phi) is 5.36. The fourth-order valence-electron chi connectivity index (χ4n) is 1.64. The first-order chi connectivity index (χ1) is 9.25. The maximum absolute atomic E-state index is 13.2. The molecule has 0 saturated carbocycles. The molecule has 0 spiro atoms. The first-order valence-corrected chi connectivity index (χ1v) is 6.87. The molecule has 0 heterocycles. The molecule has 0 aliphatic rings. The Morgan fingerprint density at radius 2 is 1.89 bits per heavy atom. The molecular weight excluding hydrogens is 309 g/mol. The van der Waals surface area contributed by atoms with Gasteiger partial charge in [0, 0.05) is 19.2 Å². The maximum atomic E-state index is 13.2. The zero-order valence-corrected chi connectivity index (χ0v) is 12.0. The summed E-state index contributed by atoms with van der Waals surface area (Å²) >= 11 is 3.11. The lowest BCUT2D eigenvalue weighted by Gasteiger charge is -2.08. The number of rotatable bonds is 6. The molecule has 0 fully saturated rings. The molecule has 2 aromatic carbocycles. The van der Waals surface area contributed by atoms with Gasteiger partial charge in [0.25, 0.3) is 0 Å². The highest BCUT2D eigenvalue weighted by molar-refractivity contribution is 9.10. The molecule has 0 saturated heterocycles. The summed E-state index contributed by atoms with van der Waals surface area (Å²) in [5, 5.41) is 3.27. The second kappa shape index (κ2) is 7.26. The summed E-state index contributed by atoms with van der Waals surface area (Å²) in [4.78, 5) is 0. The van der Waals surface area contributed by atoms with E-state index in [9.17, 15) is 4.39 Å². The third-order valence-corrected chi connectivity index (χ3v) is 3.25. The molecule has 0 bridgehead atoms. The van der Waals surface area contributed by atoms with Crippen LogP contribution in [-0.2, 0) is 6.54 Å². The van der Waals surface area contributed by atoms with Gasteiger partial charge < -0.3 is 10.1 Å². The van der Waals surface area contributed by atoms with Crippen molar-refractivity contribution < 1.29 is 9.13 Å². The Bertz CT molecular complexity index is 519. The Hall–Kier alpha value is -1.39. The topological polar surface area (TPSA) is 21.3 Å². The SMILES string of the molecule is Fc1cc(OCCNCc2ccccc2)ccc1Br. The number of nitrogens with one attached hydrogen (secondary N) is 1. The minimum Gasteiger partial charge on any atom is -0.492 e. The lowest BCUT2D eigenvalue weighted by Crippen LogP contribution is -2.20. The van der Waals surface area contributed by atoms with Crippen LogP contribution in [0.1, 0.15) is 5.56 Å². The van der Waals surface area contributed by atoms with E-state index in [0.29, 0.717) is 23.4 Å². The molecule has 0 amide bonds. The van der Waals surface area contributed by atoms with Gasteiger partial charge in [0.15, 0.2) is 0 Å². The molecule has 0 atom stereocenters. The van der Waals surface area contributed by atoms with Crippen LogP contribution in [0.4, 0.5) is 4.39 Å². The van der Waals surface area contributed by atoms with E-state index >= 15 is 0 Å². The second-order valence-corrected chi connectivity index (χ2v) is 4.94. The predicted octanol–water partition coefficient (Wildman–Crippen LogP) is 3.76. The van der Waals surface area contributed by atoms with Gasteiger partial charge in [-0.1, -0.05) is 30.3 Å². The van der Waals surface area contributed by atoms with Crippen LogP contribution in [0.15, 0.2) is 53.0 Å². The molecule has 0 aliphatic heterocycles. The van der Waals surface area contributed by atoms with E-state index in [0.717, 1.165) is 6.54 Å². The molecular formula is C15H15BrFNO. The van der Waals surface area contributed by atoms with E-state index in [-0.39, 0.29) is 5.82 Å². The van der Waals surface area contributed by atoms with E-state index in [1.807, 2.05) is 18.2 Å². The summed E-state index contributed by atoms with van der Waals surface area (Å²) in [7, 11) is 0. The van der Waals surface area contributed by atoms with Gasteiger partial charge in [-0.2, -0.15) is 0 Å². The lowest BCUT2D eigenvalue weighted by molar-refractivity contribution is 0.312. The molecule has 100 valence electrons. The molecule has 0 radical (unpaired) electrons. The molecule has 1 N–H and O–H groups in total. The van der Waals surface area contributed by atoms with Crippen molar-refractivity contribution >= 4 is 15.9 Å². The number of benzene rings is 2. The van der Waals surface area contributed by atoms with Crippen molar-refractivity contribution in [2.45, 2.75) is 6.54 Å². The monoisotopic (exact) mass is 323 g/mol. The first kappa shape index (κ1) is 14.0. The van der Waals surface area contributed by atoms with E-state index in [2.05, 4.69) is 33.4 Å². The smallest absolute Gasteiger partial charge is 0.141 e. The molecule has 19 heavy (non-hydrogen) atoms. The summed E-state index contributed by atoms with van der Waals surface area (Å²) in [6.07, 6.45) is 0. The summed E-state index contributed by atoms with van der Waals surface area (Å²) in [6, 6.07) is 14.9. The van der Waals surface area contributed by atoms with Crippen molar-refractivity contribution in [3.8, 4) is 5.75 Å². The second-order valence-electron chi connectivity index (χ2n) is 4.09. The number of hydrogen-bond acceptors (Lipinski definition) is 2. The molecule has 0 aliphatic carbocycles. The molecule has 0 aromatic heterocycles. The van der Waals surface area contributed by atoms with Gasteiger partial charge in [0.05, 0.1) is 4.47 Å². The van der Waals surface area contributed by atoms with Crippen LogP contribution in [0.3, 0.4) is 0 Å². The zero-order chi connectivity index (χ0) is 13.5. The molecule has 2 nitrogen and oxygen atoms in total. The van der Waals surface area contributed by atoms with Crippen molar-refractivity contribution in [2.75, 3.05) is 13.2 Å². The van der Waals surface area contributed by atoms with Gasteiger partial charge >= 0.3 is 0 Å². The summed E-state index contributed by atoms with van der Waals surface area (Å²) in [6.45, 7) is 2.03. The average molecular weight is 324 g/mol. The minimum absolute atomic E-state index is 0.310. The zero-order valence-electron chi connectivity index (χ0n) is 10.4. The van der Waals surface area contributed by atoms with Crippen LogP contribution in [0.2, 0.25) is 0 Å². The lowest BCUT2D eigenvalue weighted by atomic mass is 10.2. The number of halogens is 2. The standard InChI is InChI=1S/C15H15BrFNO/c16-14-7-6-13(10-15(14)17)19-9-8-18-11-12-4-2-1-3-5-12/h1-7,10,18H,8-9,11H2. The largest absolute Gasteiger partial charge is 0.492 e. The van der Waals surface area contributed by atoms with Crippen molar-refractivity contribution in [3.05, 3.63) is 64.4 Å². The highest BCUT2D eigenvalue weighted by Gasteiger charge is 2.01. The third kappa shape index (κ3) is 4.65. The quantitative estimate of drug-likeness (QED) is 0.817. The third-order valence-electron chi connectivity index (χ3n) is 2.61. The van der Waals surface area contributed by atoms with E-state index < -0.39 is 0 Å². The van der Waals surface area contributed by atoms with Crippen LogP contribution in [0.5, 0.6) is 5.75 Å². The van der Waals surface area contributed by atoms with Crippen LogP contribution in [0, 0.1) is 5.82 Å². The molecule has 0 unspecified atom stereocenters. The fraction of sp³-hybridized carbons (Fsp3) is 0.200. The molecule has 4 heteroatoms. The van der Waals surface area contributed by atoms with Gasteiger partial charge in [-0.15, -0.1) is 0 Å². The first-order valence-electron chi connectivity index (χ1n) is 6.08. The van der Waals surface area contributed by atoms with Gasteiger partial charge in [-0.3, -0.25) is 0 Å². The van der Waals surface area contributed by atoms with E-state index in [1.165, 1.54) is 11.6 Å². The van der Waals surface area contributed by atoms with Crippen molar-refractivity contribution in [1.82, 2.24) is 5.32 Å². The maximum Gasteiger partial charge on any atom is 0.141 e. The van der Waals surface area contributed by atoms with Crippen LogP contribution in [0.25, 0.3) is 0 Å². The van der Waals surface area contributed by atoms with E-state index in [4.69, 9.17) is 4.74 Å². The Morgan fingerprint density at radius 1 is 1.11 bits per heavy atom. The number of hydrogen-bond donors (Lipinski definition) is 1. The summed E-state index contributed by atoms with van der Waals surface area (Å²) in [5.41, 5.74) is 1.23. The van der Waals surface area contributed by atoms with Gasteiger partial charge in [0.2, 0.25) is 0 Å². The fourth-order valence-corrected chi connectivity index (χ4v) is 1.88. The van der Waals surface area contributed by atoms with E-state index in [1.54, 1.807) is 12.1 Å². The summed E-state index contributed by atoms with van der Waals surface area (Å²) < 4.78 is 19.1. The van der Waals surface area contributed by atoms with Gasteiger partial charge in [0.1, 0.15) is 18.2 Å². The normalized spacial score (nSPS) is 10.4. The minimum atomic E-state index is -0.310. The van der Waals surface area contributed by atoms with Crippen LogP contribution < -0.4 is 10.1 Å². The van der Waals surface area contributed by atoms with Gasteiger partial charge in [-0.05, 0) is 33.6 Å². The van der Waals surface area contributed by atoms with Crippen molar-refractivity contribution in [3.63, 3.8) is 0 Å². The Morgan fingerprint density at radius 3 is 2.63 bits per heavy atom. The number of ether oxygens (including phenoxy) is 1. The Balaban J connectivity index is 1.68. The summed E-state index contributed by atoms with van der Waals surface area (Å²) in [5.74, 6) is 0.233. The predicted molar refractivity (Wildman–Crippen MR) is 77.7 cm³/mol. The van der Waals surface area contributed by atoms with Crippen LogP contribution in [-0.4, -0.2) is 13.2 Å². The van der Waals surface area contributed by atoms with Crippen molar-refractivity contribution in [2.24, 2.45) is 0 Å². The van der Waals surface area contributed by atoms with Crippen LogP contribution >= 0.6 is 15.9 Å². The van der Waals surface area contributed by atoms with Crippen molar-refractivity contribution in [1.29, 1.82) is 0 Å². The average Bonchev–Trinajstić information content (AvgIpc) is 2.43. The molecule has 2 rings (SSSR count). The highest BCUT2D eigenvalue weighted by atomic mass is 79.9. The Labute approximate surface area is 120 Å². The van der Waals surface area contributed by atoms with Gasteiger partial charge in [-0.25, -0.2) is 4.39 Å². The highest BCUT2D eigenvalue weighted by Crippen LogP contribution is 2.20.